The van der Waals surface area contributed by atoms with Crippen molar-refractivity contribution in [2.24, 2.45) is 0 Å². The summed E-state index contributed by atoms with van der Waals surface area (Å²) in [5, 5.41) is 11.7. The molecule has 0 saturated carbocycles. The molecule has 1 aliphatic rings. The van der Waals surface area contributed by atoms with Crippen molar-refractivity contribution < 1.29 is 23.6 Å². The van der Waals surface area contributed by atoms with Crippen LogP contribution < -0.4 is 9.64 Å². The van der Waals surface area contributed by atoms with E-state index in [0.29, 0.717) is 43.0 Å². The Hall–Kier alpha value is -2.83. The molecule has 1 aliphatic heterocycles. The number of furan rings is 1. The number of hydrogen-bond donors (Lipinski definition) is 0. The Labute approximate surface area is 131 Å². The van der Waals surface area contributed by atoms with Crippen LogP contribution in [0.15, 0.2) is 16.5 Å². The average molecular weight is 318 g/mol. The number of methoxy groups -OCH3 is 1. The van der Waals surface area contributed by atoms with Gasteiger partial charge in [0.25, 0.3) is 5.69 Å². The Bertz CT molecular complexity index is 800. The fraction of sp³-hybridized carbons (Fsp3) is 0.333. The summed E-state index contributed by atoms with van der Waals surface area (Å²) in [4.78, 5) is 23.6. The second-order valence-corrected chi connectivity index (χ2v) is 4.93. The normalized spacial score (nSPS) is 14.6. The second-order valence-electron chi connectivity index (χ2n) is 4.93. The van der Waals surface area contributed by atoms with E-state index in [2.05, 4.69) is 0 Å². The topological polar surface area (TPSA) is 95.1 Å². The van der Waals surface area contributed by atoms with Crippen LogP contribution in [0.4, 0.5) is 11.4 Å². The molecule has 1 fully saturated rings. The molecule has 0 atom stereocenters. The van der Waals surface area contributed by atoms with Gasteiger partial charge in [-0.1, -0.05) is 0 Å². The summed E-state index contributed by atoms with van der Waals surface area (Å²) in [6.45, 7) is 2.25. The monoisotopic (exact) mass is 318 g/mol. The number of morpholine rings is 1. The number of fused-ring (bicyclic) bond motifs is 1. The van der Waals surface area contributed by atoms with Crippen molar-refractivity contribution >= 4 is 34.4 Å². The lowest BCUT2D eigenvalue weighted by Crippen LogP contribution is -2.36. The van der Waals surface area contributed by atoms with Crippen LogP contribution in [-0.2, 0) is 9.53 Å². The van der Waals surface area contributed by atoms with Crippen LogP contribution in [0.25, 0.3) is 17.0 Å². The molecule has 1 aromatic carbocycles. The Kier molecular flexibility index (Phi) is 4.01. The number of anilines is 1. The van der Waals surface area contributed by atoms with Crippen molar-refractivity contribution in [1.82, 2.24) is 0 Å². The number of carbonyl (C=O) groups excluding carboxylic acids is 1. The molecule has 0 aliphatic carbocycles. The van der Waals surface area contributed by atoms with Gasteiger partial charge in [-0.15, -0.1) is 0 Å². The molecule has 8 nitrogen and oxygen atoms in total. The number of nitrogens with zero attached hydrogens (tertiary/aromatic N) is 2. The number of nitro groups is 1. The van der Waals surface area contributed by atoms with E-state index in [-0.39, 0.29) is 17.2 Å². The van der Waals surface area contributed by atoms with Gasteiger partial charge >= 0.3 is 5.95 Å². The SMILES string of the molecule is COc1oc2ccc([N+](=O)[O-])c(C=C=O)c2c1N1CCOCC1. The van der Waals surface area contributed by atoms with Crippen LogP contribution in [0.1, 0.15) is 5.56 Å². The fourth-order valence-corrected chi connectivity index (χ4v) is 2.74. The first-order chi connectivity index (χ1) is 11.2. The lowest BCUT2D eigenvalue weighted by atomic mass is 10.1. The zero-order valence-corrected chi connectivity index (χ0v) is 12.4. The van der Waals surface area contributed by atoms with E-state index in [1.807, 2.05) is 4.90 Å². The summed E-state index contributed by atoms with van der Waals surface area (Å²) >= 11 is 0. The number of nitro benzene ring substituents is 1. The minimum atomic E-state index is -0.537. The first kappa shape index (κ1) is 15.1. The highest BCUT2D eigenvalue weighted by molar-refractivity contribution is 6.05. The molecule has 0 bridgehead atoms. The van der Waals surface area contributed by atoms with Gasteiger partial charge < -0.3 is 18.8 Å². The van der Waals surface area contributed by atoms with Crippen LogP contribution in [0.5, 0.6) is 5.95 Å². The van der Waals surface area contributed by atoms with Crippen LogP contribution in [-0.4, -0.2) is 44.3 Å². The van der Waals surface area contributed by atoms with E-state index >= 15 is 0 Å². The Morgan fingerprint density at radius 1 is 1.39 bits per heavy atom. The van der Waals surface area contributed by atoms with Gasteiger partial charge in [-0.25, -0.2) is 4.79 Å². The first-order valence-electron chi connectivity index (χ1n) is 6.98. The third-order valence-corrected chi connectivity index (χ3v) is 3.73. The maximum absolute atomic E-state index is 11.3. The molecule has 120 valence electrons. The lowest BCUT2D eigenvalue weighted by molar-refractivity contribution is -0.384. The number of hydrogen-bond acceptors (Lipinski definition) is 7. The third kappa shape index (κ3) is 2.54. The van der Waals surface area contributed by atoms with E-state index < -0.39 is 4.92 Å². The molecule has 3 rings (SSSR count). The molecule has 8 heteroatoms. The molecular formula is C15H14N2O6. The molecule has 23 heavy (non-hydrogen) atoms. The fourth-order valence-electron chi connectivity index (χ4n) is 2.74. The molecule has 0 spiro atoms. The second kappa shape index (κ2) is 6.12. The molecule has 1 aromatic heterocycles. The zero-order valence-electron chi connectivity index (χ0n) is 12.4. The summed E-state index contributed by atoms with van der Waals surface area (Å²) in [6.07, 6.45) is 1.05. The third-order valence-electron chi connectivity index (χ3n) is 3.73. The molecule has 0 radical (unpaired) electrons. The summed E-state index contributed by atoms with van der Waals surface area (Å²) < 4.78 is 16.3. The lowest BCUT2D eigenvalue weighted by Gasteiger charge is -2.28. The molecular weight excluding hydrogens is 304 g/mol. The summed E-state index contributed by atoms with van der Waals surface area (Å²) in [5.74, 6) is 1.88. The maximum atomic E-state index is 11.3. The minimum Gasteiger partial charge on any atom is -0.467 e. The molecule has 1 saturated heterocycles. The molecule has 0 N–H and O–H groups in total. The predicted molar refractivity (Wildman–Crippen MR) is 82.6 cm³/mol. The quantitative estimate of drug-likeness (QED) is 0.483. The zero-order chi connectivity index (χ0) is 16.4. The van der Waals surface area contributed by atoms with Gasteiger partial charge in [-0.2, -0.15) is 0 Å². The summed E-state index contributed by atoms with van der Waals surface area (Å²) in [7, 11) is 1.46. The Morgan fingerprint density at radius 3 is 2.74 bits per heavy atom. The van der Waals surface area contributed by atoms with Gasteiger partial charge in [0.1, 0.15) is 17.2 Å². The van der Waals surface area contributed by atoms with Crippen molar-refractivity contribution in [2.75, 3.05) is 38.3 Å². The molecule has 2 heterocycles. The van der Waals surface area contributed by atoms with E-state index in [4.69, 9.17) is 13.9 Å². The van der Waals surface area contributed by atoms with Gasteiger partial charge in [0.15, 0.2) is 0 Å². The van der Waals surface area contributed by atoms with E-state index in [1.165, 1.54) is 19.2 Å². The number of rotatable bonds is 4. The highest BCUT2D eigenvalue weighted by Gasteiger charge is 2.28. The van der Waals surface area contributed by atoms with Gasteiger partial charge in [0, 0.05) is 25.2 Å². The Balaban J connectivity index is 2.33. The van der Waals surface area contributed by atoms with Crippen molar-refractivity contribution in [3.05, 3.63) is 27.8 Å². The summed E-state index contributed by atoms with van der Waals surface area (Å²) in [5.41, 5.74) is 0.987. The minimum absolute atomic E-state index is 0.163. The van der Waals surface area contributed by atoms with Crippen molar-refractivity contribution in [3.8, 4) is 5.95 Å². The summed E-state index contributed by atoms with van der Waals surface area (Å²) in [6, 6.07) is 2.81. The van der Waals surface area contributed by atoms with Crippen molar-refractivity contribution in [2.45, 2.75) is 0 Å². The molecule has 0 amide bonds. The van der Waals surface area contributed by atoms with E-state index in [9.17, 15) is 14.9 Å². The first-order valence-corrected chi connectivity index (χ1v) is 6.98. The van der Waals surface area contributed by atoms with Crippen LogP contribution in [0.3, 0.4) is 0 Å². The van der Waals surface area contributed by atoms with Crippen LogP contribution in [0, 0.1) is 10.1 Å². The smallest absolute Gasteiger partial charge is 0.309 e. The van der Waals surface area contributed by atoms with Gasteiger partial charge in [0.2, 0.25) is 0 Å². The maximum Gasteiger partial charge on any atom is 0.309 e. The average Bonchev–Trinajstić information content (AvgIpc) is 2.95. The standard InChI is InChI=1S/C15H14N2O6/c1-21-15-14(16-5-8-22-9-6-16)13-10(4-7-18)11(17(19)20)2-3-12(13)23-15/h2-4H,5-6,8-9H2,1H3. The predicted octanol–water partition coefficient (Wildman–Crippen LogP) is 2.03. The number of ether oxygens (including phenoxy) is 2. The highest BCUT2D eigenvalue weighted by Crippen LogP contribution is 2.44. The molecule has 0 unspecified atom stereocenters. The molecule has 2 aromatic rings. The van der Waals surface area contributed by atoms with Crippen molar-refractivity contribution in [1.29, 1.82) is 0 Å². The van der Waals surface area contributed by atoms with Crippen LogP contribution in [0.2, 0.25) is 0 Å². The van der Waals surface area contributed by atoms with Gasteiger partial charge in [-0.3, -0.25) is 10.1 Å². The van der Waals surface area contributed by atoms with E-state index in [0.717, 1.165) is 6.08 Å². The highest BCUT2D eigenvalue weighted by atomic mass is 16.6. The van der Waals surface area contributed by atoms with E-state index in [1.54, 1.807) is 5.94 Å². The number of benzene rings is 1. The largest absolute Gasteiger partial charge is 0.467 e. The van der Waals surface area contributed by atoms with Gasteiger partial charge in [-0.05, 0) is 6.07 Å². The Morgan fingerprint density at radius 2 is 2.13 bits per heavy atom. The van der Waals surface area contributed by atoms with Crippen molar-refractivity contribution in [3.63, 3.8) is 0 Å². The van der Waals surface area contributed by atoms with Crippen LogP contribution >= 0.6 is 0 Å². The van der Waals surface area contributed by atoms with Gasteiger partial charge in [0.05, 0.1) is 36.2 Å².